The van der Waals surface area contributed by atoms with Crippen LogP contribution in [0.15, 0.2) is 53.4 Å². The molecule has 0 bridgehead atoms. The Morgan fingerprint density at radius 3 is 2.67 bits per heavy atom. The largest absolute Gasteiger partial charge is 0.376 e. The highest BCUT2D eigenvalue weighted by atomic mass is 32.2. The van der Waals surface area contributed by atoms with Crippen LogP contribution in [0.3, 0.4) is 0 Å². The number of sulfonamides is 1. The second kappa shape index (κ2) is 8.65. The predicted octanol–water partition coefficient (Wildman–Crippen LogP) is 2.38. The first-order chi connectivity index (χ1) is 13.0. The first kappa shape index (κ1) is 19.5. The molecule has 2 aromatic carbocycles. The van der Waals surface area contributed by atoms with Crippen molar-refractivity contribution in [3.8, 4) is 0 Å². The summed E-state index contributed by atoms with van der Waals surface area (Å²) in [6.45, 7) is 3.06. The Balaban J connectivity index is 1.70. The van der Waals surface area contributed by atoms with Crippen LogP contribution < -0.4 is 10.0 Å². The highest BCUT2D eigenvalue weighted by Gasteiger charge is 2.20. The lowest BCUT2D eigenvalue weighted by molar-refractivity contribution is 0.0857. The summed E-state index contributed by atoms with van der Waals surface area (Å²) in [6, 6.07) is 14.0. The summed E-state index contributed by atoms with van der Waals surface area (Å²) in [4.78, 5) is 12.5. The van der Waals surface area contributed by atoms with E-state index >= 15 is 0 Å². The molecule has 27 heavy (non-hydrogen) atoms. The second-order valence-electron chi connectivity index (χ2n) is 6.64. The fourth-order valence-electron chi connectivity index (χ4n) is 3.00. The van der Waals surface area contributed by atoms with E-state index < -0.39 is 10.0 Å². The van der Waals surface area contributed by atoms with E-state index in [4.69, 9.17) is 4.74 Å². The van der Waals surface area contributed by atoms with Crippen LogP contribution in [0.5, 0.6) is 0 Å². The van der Waals surface area contributed by atoms with E-state index in [2.05, 4.69) is 10.0 Å². The van der Waals surface area contributed by atoms with Gasteiger partial charge in [-0.05, 0) is 43.0 Å². The van der Waals surface area contributed by atoms with Crippen molar-refractivity contribution >= 4 is 15.9 Å². The van der Waals surface area contributed by atoms with Gasteiger partial charge in [-0.3, -0.25) is 4.79 Å². The van der Waals surface area contributed by atoms with Crippen LogP contribution >= 0.6 is 0 Å². The molecule has 2 N–H and O–H groups in total. The minimum atomic E-state index is -3.73. The third kappa shape index (κ3) is 5.15. The van der Waals surface area contributed by atoms with E-state index in [1.165, 1.54) is 6.07 Å². The number of amides is 1. The maximum absolute atomic E-state index is 12.7. The zero-order valence-electron chi connectivity index (χ0n) is 15.3. The number of ether oxygens (including phenoxy) is 1. The molecule has 1 atom stereocenters. The topological polar surface area (TPSA) is 84.5 Å². The van der Waals surface area contributed by atoms with Crippen LogP contribution in [-0.2, 0) is 21.3 Å². The molecule has 1 amide bonds. The molecule has 1 unspecified atom stereocenters. The Morgan fingerprint density at radius 1 is 1.19 bits per heavy atom. The van der Waals surface area contributed by atoms with Crippen LogP contribution in [0.2, 0.25) is 0 Å². The summed E-state index contributed by atoms with van der Waals surface area (Å²) in [5, 5.41) is 2.82. The lowest BCUT2D eigenvalue weighted by atomic mass is 10.1. The van der Waals surface area contributed by atoms with E-state index in [0.29, 0.717) is 17.7 Å². The first-order valence-corrected chi connectivity index (χ1v) is 10.5. The smallest absolute Gasteiger partial charge is 0.251 e. The zero-order chi connectivity index (χ0) is 19.3. The standard InChI is InChI=1S/C20H24N2O4S/c1-15-9-10-17(20(23)21-14-18-8-5-11-26-18)12-19(15)27(24,25)22-13-16-6-3-2-4-7-16/h2-4,6-7,9-10,12,18,22H,5,8,11,13-14H2,1H3,(H,21,23). The van der Waals surface area contributed by atoms with Crippen LogP contribution in [0.1, 0.15) is 34.3 Å². The van der Waals surface area contributed by atoms with Gasteiger partial charge in [-0.25, -0.2) is 13.1 Å². The lowest BCUT2D eigenvalue weighted by Gasteiger charge is -2.13. The summed E-state index contributed by atoms with van der Waals surface area (Å²) in [5.74, 6) is -0.301. The molecule has 6 nitrogen and oxygen atoms in total. The predicted molar refractivity (Wildman–Crippen MR) is 103 cm³/mol. The van der Waals surface area contributed by atoms with Gasteiger partial charge < -0.3 is 10.1 Å². The molecule has 0 radical (unpaired) electrons. The molecule has 3 rings (SSSR count). The third-order valence-corrected chi connectivity index (χ3v) is 6.11. The minimum Gasteiger partial charge on any atom is -0.376 e. The maximum Gasteiger partial charge on any atom is 0.251 e. The van der Waals surface area contributed by atoms with Crippen LogP contribution in [0, 0.1) is 6.92 Å². The summed E-state index contributed by atoms with van der Waals surface area (Å²) >= 11 is 0. The quantitative estimate of drug-likeness (QED) is 0.763. The average Bonchev–Trinajstić information content (AvgIpc) is 3.19. The molecule has 0 aromatic heterocycles. The van der Waals surface area contributed by atoms with Gasteiger partial charge in [-0.15, -0.1) is 0 Å². The van der Waals surface area contributed by atoms with Crippen molar-refractivity contribution in [2.45, 2.75) is 37.3 Å². The van der Waals surface area contributed by atoms with Crippen molar-refractivity contribution in [1.29, 1.82) is 0 Å². The molecule has 7 heteroatoms. The number of hydrogen-bond acceptors (Lipinski definition) is 4. The molecule has 1 saturated heterocycles. The fourth-order valence-corrected chi connectivity index (χ4v) is 4.28. The van der Waals surface area contributed by atoms with Crippen molar-refractivity contribution in [3.05, 3.63) is 65.2 Å². The molecule has 0 aliphatic carbocycles. The second-order valence-corrected chi connectivity index (χ2v) is 8.37. The average molecular weight is 388 g/mol. The molecule has 2 aromatic rings. The van der Waals surface area contributed by atoms with Gasteiger partial charge in [0, 0.05) is 25.3 Å². The third-order valence-electron chi connectivity index (χ3n) is 4.56. The van der Waals surface area contributed by atoms with Crippen molar-refractivity contribution in [1.82, 2.24) is 10.0 Å². The molecule has 1 aliphatic rings. The number of nitrogens with one attached hydrogen (secondary N) is 2. The normalized spacial score (nSPS) is 17.0. The van der Waals surface area contributed by atoms with Gasteiger partial charge in [0.25, 0.3) is 5.91 Å². The summed E-state index contributed by atoms with van der Waals surface area (Å²) < 4.78 is 33.5. The Labute approximate surface area is 160 Å². The van der Waals surface area contributed by atoms with E-state index in [0.717, 1.165) is 25.0 Å². The zero-order valence-corrected chi connectivity index (χ0v) is 16.1. The number of carbonyl (C=O) groups excluding carboxylic acids is 1. The molecule has 1 aliphatic heterocycles. The van der Waals surface area contributed by atoms with Gasteiger partial charge in [-0.1, -0.05) is 36.4 Å². The van der Waals surface area contributed by atoms with E-state index in [1.54, 1.807) is 19.1 Å². The SMILES string of the molecule is Cc1ccc(C(=O)NCC2CCCO2)cc1S(=O)(=O)NCc1ccccc1. The van der Waals surface area contributed by atoms with Crippen molar-refractivity contribution < 1.29 is 17.9 Å². The number of carbonyl (C=O) groups is 1. The summed E-state index contributed by atoms with van der Waals surface area (Å²) in [5.41, 5.74) is 1.77. The Bertz CT molecular complexity index is 891. The van der Waals surface area contributed by atoms with Crippen molar-refractivity contribution in [2.24, 2.45) is 0 Å². The molecule has 144 valence electrons. The maximum atomic E-state index is 12.7. The van der Waals surface area contributed by atoms with Gasteiger partial charge in [-0.2, -0.15) is 0 Å². The Kier molecular flexibility index (Phi) is 6.26. The van der Waals surface area contributed by atoms with Crippen molar-refractivity contribution in [2.75, 3.05) is 13.2 Å². The van der Waals surface area contributed by atoms with E-state index in [1.807, 2.05) is 30.3 Å². The number of benzene rings is 2. The Morgan fingerprint density at radius 2 is 1.96 bits per heavy atom. The number of hydrogen-bond donors (Lipinski definition) is 2. The molecule has 0 saturated carbocycles. The first-order valence-electron chi connectivity index (χ1n) is 9.00. The molecular formula is C20H24N2O4S. The van der Waals surface area contributed by atoms with Crippen LogP contribution in [0.4, 0.5) is 0 Å². The van der Waals surface area contributed by atoms with Gasteiger partial charge in [0.1, 0.15) is 0 Å². The van der Waals surface area contributed by atoms with Gasteiger partial charge in [0.15, 0.2) is 0 Å². The van der Waals surface area contributed by atoms with E-state index in [-0.39, 0.29) is 23.5 Å². The van der Waals surface area contributed by atoms with Gasteiger partial charge in [0.05, 0.1) is 11.0 Å². The Hall–Kier alpha value is -2.22. The lowest BCUT2D eigenvalue weighted by Crippen LogP contribution is -2.32. The van der Waals surface area contributed by atoms with Crippen molar-refractivity contribution in [3.63, 3.8) is 0 Å². The van der Waals surface area contributed by atoms with Crippen LogP contribution in [0.25, 0.3) is 0 Å². The summed E-state index contributed by atoms with van der Waals surface area (Å²) in [7, 11) is -3.73. The minimum absolute atomic E-state index is 0.0372. The number of aryl methyl sites for hydroxylation is 1. The van der Waals surface area contributed by atoms with Gasteiger partial charge >= 0.3 is 0 Å². The fraction of sp³-hybridized carbons (Fsp3) is 0.350. The van der Waals surface area contributed by atoms with E-state index in [9.17, 15) is 13.2 Å². The summed E-state index contributed by atoms with van der Waals surface area (Å²) in [6.07, 6.45) is 1.97. The van der Waals surface area contributed by atoms with Gasteiger partial charge in [0.2, 0.25) is 10.0 Å². The highest BCUT2D eigenvalue weighted by molar-refractivity contribution is 7.89. The molecule has 1 fully saturated rings. The molecular weight excluding hydrogens is 364 g/mol. The monoisotopic (exact) mass is 388 g/mol. The van der Waals surface area contributed by atoms with Crippen LogP contribution in [-0.4, -0.2) is 33.6 Å². The molecule has 0 spiro atoms. The molecule has 1 heterocycles. The number of rotatable bonds is 7. The highest BCUT2D eigenvalue weighted by Crippen LogP contribution is 2.18.